The Morgan fingerprint density at radius 2 is 1.55 bits per heavy atom. The Morgan fingerprint density at radius 3 is 2.13 bits per heavy atom. The highest BCUT2D eigenvalue weighted by Gasteiger charge is 2.45. The number of hydrogen-bond acceptors (Lipinski definition) is 4. The van der Waals surface area contributed by atoms with Gasteiger partial charge in [-0.25, -0.2) is 4.39 Å². The van der Waals surface area contributed by atoms with E-state index in [2.05, 4.69) is 23.5 Å². The molecule has 2 fully saturated rings. The summed E-state index contributed by atoms with van der Waals surface area (Å²) in [5.74, 6) is -2.98. The Bertz CT molecular complexity index is 949. The Kier molecular flexibility index (Phi) is 9.34. The van der Waals surface area contributed by atoms with Crippen molar-refractivity contribution in [2.45, 2.75) is 70.1 Å². The Hall–Kier alpha value is -2.20. The van der Waals surface area contributed by atoms with Crippen molar-refractivity contribution >= 4 is 0 Å². The van der Waals surface area contributed by atoms with E-state index in [1.54, 1.807) is 0 Å². The molecule has 4 nitrogen and oxygen atoms in total. The average Bonchev–Trinajstić information content (AvgIpc) is 2.89. The summed E-state index contributed by atoms with van der Waals surface area (Å²) in [6.07, 6.45) is 2.83. The molecule has 1 heterocycles. The summed E-state index contributed by atoms with van der Waals surface area (Å²) < 4.78 is 101. The zero-order valence-electron chi connectivity index (χ0n) is 21.1. The fourth-order valence-electron chi connectivity index (χ4n) is 5.68. The lowest BCUT2D eigenvalue weighted by Gasteiger charge is -2.39. The van der Waals surface area contributed by atoms with E-state index in [0.717, 1.165) is 31.7 Å². The van der Waals surface area contributed by atoms with Gasteiger partial charge in [0.05, 0.1) is 19.1 Å². The summed E-state index contributed by atoms with van der Waals surface area (Å²) in [5, 5.41) is 0. The highest BCUT2D eigenvalue weighted by molar-refractivity contribution is 5.33. The van der Waals surface area contributed by atoms with Gasteiger partial charge in [0.2, 0.25) is 0 Å². The first kappa shape index (κ1) is 28.8. The van der Waals surface area contributed by atoms with Crippen LogP contribution in [0.25, 0.3) is 0 Å². The molecular weight excluding hydrogens is 514 g/mol. The SMILES string of the molecule is C=CCCC1COC(C2C=CC(C3CCC(C(F)(F)Oc4ccc(OC(F)(F)F)c(F)c4)CC3)CC2)OC1. The maximum absolute atomic E-state index is 14.8. The molecule has 0 aromatic heterocycles. The molecule has 0 bridgehead atoms. The first-order valence-corrected chi connectivity index (χ1v) is 13.2. The van der Waals surface area contributed by atoms with E-state index in [-0.39, 0.29) is 31.0 Å². The Morgan fingerprint density at radius 1 is 0.895 bits per heavy atom. The van der Waals surface area contributed by atoms with Crippen molar-refractivity contribution in [2.75, 3.05) is 13.2 Å². The highest BCUT2D eigenvalue weighted by Crippen LogP contribution is 2.45. The van der Waals surface area contributed by atoms with Crippen LogP contribution in [0.2, 0.25) is 0 Å². The summed E-state index contributed by atoms with van der Waals surface area (Å²) in [6.45, 7) is 5.12. The largest absolute Gasteiger partial charge is 0.573 e. The van der Waals surface area contributed by atoms with Crippen LogP contribution >= 0.6 is 0 Å². The molecule has 10 heteroatoms. The average molecular weight is 549 g/mol. The van der Waals surface area contributed by atoms with E-state index >= 15 is 0 Å². The van der Waals surface area contributed by atoms with Gasteiger partial charge in [-0.3, -0.25) is 0 Å². The summed E-state index contributed by atoms with van der Waals surface area (Å²) in [7, 11) is 0. The van der Waals surface area contributed by atoms with Gasteiger partial charge in [0, 0.05) is 17.9 Å². The van der Waals surface area contributed by atoms with Crippen LogP contribution in [0.1, 0.15) is 51.4 Å². The number of ether oxygens (including phenoxy) is 4. The summed E-state index contributed by atoms with van der Waals surface area (Å²) in [6, 6.07) is 1.94. The molecule has 3 aliphatic rings. The van der Waals surface area contributed by atoms with Gasteiger partial charge < -0.3 is 18.9 Å². The fourth-order valence-corrected chi connectivity index (χ4v) is 5.68. The van der Waals surface area contributed by atoms with Gasteiger partial charge in [0.15, 0.2) is 17.9 Å². The third-order valence-electron chi connectivity index (χ3n) is 7.80. The molecule has 2 aliphatic carbocycles. The molecule has 1 aromatic rings. The van der Waals surface area contributed by atoms with Crippen LogP contribution in [-0.2, 0) is 9.47 Å². The molecule has 0 radical (unpaired) electrons. The second-order valence-corrected chi connectivity index (χ2v) is 10.5. The lowest BCUT2D eigenvalue weighted by Crippen LogP contribution is -2.39. The smallest absolute Gasteiger partial charge is 0.432 e. The fraction of sp³-hybridized carbons (Fsp3) is 0.643. The molecule has 2 unspecified atom stereocenters. The zero-order chi connectivity index (χ0) is 27.3. The van der Waals surface area contributed by atoms with Crippen molar-refractivity contribution in [1.29, 1.82) is 0 Å². The van der Waals surface area contributed by atoms with Crippen LogP contribution in [0.5, 0.6) is 11.5 Å². The molecule has 4 rings (SSSR count). The molecule has 0 amide bonds. The summed E-state index contributed by atoms with van der Waals surface area (Å²) in [5.41, 5.74) is 0. The lowest BCUT2D eigenvalue weighted by atomic mass is 9.71. The second-order valence-electron chi connectivity index (χ2n) is 10.5. The molecule has 212 valence electrons. The molecule has 0 spiro atoms. The maximum Gasteiger partial charge on any atom is 0.573 e. The van der Waals surface area contributed by atoms with Crippen LogP contribution in [0.3, 0.4) is 0 Å². The van der Waals surface area contributed by atoms with Crippen molar-refractivity contribution in [3.05, 3.63) is 48.8 Å². The number of alkyl halides is 5. The molecule has 0 N–H and O–H groups in total. The zero-order valence-corrected chi connectivity index (χ0v) is 21.1. The van der Waals surface area contributed by atoms with Crippen molar-refractivity contribution in [3.63, 3.8) is 0 Å². The van der Waals surface area contributed by atoms with E-state index < -0.39 is 35.7 Å². The lowest BCUT2D eigenvalue weighted by molar-refractivity contribution is -0.275. The standard InChI is InChI=1S/C28H34F6O4/c1-2-3-4-18-16-35-26(36-17-18)21-7-5-19(6-8-21)20-9-11-22(12-10-20)27(30,31)37-23-13-14-25(24(29)15-23)38-28(32,33)34/h2,5,7,13-15,18-22,26H,1,3-4,6,8-12,16-17H2. The summed E-state index contributed by atoms with van der Waals surface area (Å²) >= 11 is 0. The van der Waals surface area contributed by atoms with Gasteiger partial charge >= 0.3 is 12.5 Å². The monoisotopic (exact) mass is 548 g/mol. The first-order chi connectivity index (χ1) is 18.0. The third kappa shape index (κ3) is 7.68. The van der Waals surface area contributed by atoms with Crippen LogP contribution in [-0.4, -0.2) is 32.0 Å². The van der Waals surface area contributed by atoms with Crippen molar-refractivity contribution < 1.29 is 45.3 Å². The number of hydrogen-bond donors (Lipinski definition) is 0. The molecule has 1 aliphatic heterocycles. The van der Waals surface area contributed by atoms with Gasteiger partial charge in [-0.1, -0.05) is 18.2 Å². The number of allylic oxidation sites excluding steroid dienone is 2. The van der Waals surface area contributed by atoms with E-state index in [1.165, 1.54) is 0 Å². The molecule has 1 saturated heterocycles. The predicted molar refractivity (Wildman–Crippen MR) is 128 cm³/mol. The van der Waals surface area contributed by atoms with Crippen LogP contribution in [0, 0.1) is 35.4 Å². The molecule has 1 saturated carbocycles. The van der Waals surface area contributed by atoms with Crippen LogP contribution in [0.15, 0.2) is 43.0 Å². The number of benzene rings is 1. The van der Waals surface area contributed by atoms with Gasteiger partial charge in [-0.2, -0.15) is 8.78 Å². The number of halogens is 6. The number of rotatable bonds is 9. The Balaban J connectivity index is 1.23. The highest BCUT2D eigenvalue weighted by atomic mass is 19.4. The van der Waals surface area contributed by atoms with E-state index in [9.17, 15) is 26.3 Å². The molecule has 38 heavy (non-hydrogen) atoms. The van der Waals surface area contributed by atoms with E-state index in [4.69, 9.17) is 14.2 Å². The molecule has 1 aromatic carbocycles. The summed E-state index contributed by atoms with van der Waals surface area (Å²) in [4.78, 5) is 0. The minimum absolute atomic E-state index is 0.189. The van der Waals surface area contributed by atoms with Crippen molar-refractivity contribution in [2.24, 2.45) is 29.6 Å². The van der Waals surface area contributed by atoms with Gasteiger partial charge in [0.1, 0.15) is 5.75 Å². The van der Waals surface area contributed by atoms with Crippen LogP contribution < -0.4 is 9.47 Å². The second kappa shape index (κ2) is 12.3. The maximum atomic E-state index is 14.8. The van der Waals surface area contributed by atoms with Gasteiger partial charge in [-0.05, 0) is 75.3 Å². The molecular formula is C28H34F6O4. The van der Waals surface area contributed by atoms with Crippen molar-refractivity contribution in [1.82, 2.24) is 0 Å². The molecule has 2 atom stereocenters. The topological polar surface area (TPSA) is 36.9 Å². The minimum Gasteiger partial charge on any atom is -0.432 e. The van der Waals surface area contributed by atoms with Gasteiger partial charge in [-0.15, -0.1) is 19.8 Å². The van der Waals surface area contributed by atoms with Crippen LogP contribution in [0.4, 0.5) is 26.3 Å². The third-order valence-corrected chi connectivity index (χ3v) is 7.80. The first-order valence-electron chi connectivity index (χ1n) is 13.2. The normalized spacial score (nSPS) is 30.6. The minimum atomic E-state index is -5.09. The van der Waals surface area contributed by atoms with Crippen molar-refractivity contribution in [3.8, 4) is 11.5 Å². The van der Waals surface area contributed by atoms with Gasteiger partial charge in [0.25, 0.3) is 0 Å². The quantitative estimate of drug-likeness (QED) is 0.231. The predicted octanol–water partition coefficient (Wildman–Crippen LogP) is 8.04. The Labute approximate surface area is 219 Å². The van der Waals surface area contributed by atoms with E-state index in [1.807, 2.05) is 6.08 Å². The van der Waals surface area contributed by atoms with E-state index in [0.29, 0.717) is 50.0 Å².